The van der Waals surface area contributed by atoms with Crippen molar-refractivity contribution < 1.29 is 19.8 Å². The third kappa shape index (κ3) is 4.46. The van der Waals surface area contributed by atoms with Gasteiger partial charge in [0.2, 0.25) is 5.91 Å². The minimum atomic E-state index is -0.614. The zero-order valence-electron chi connectivity index (χ0n) is 11.6. The highest BCUT2D eigenvalue weighted by Gasteiger charge is 2.15. The van der Waals surface area contributed by atoms with Crippen molar-refractivity contribution >= 4 is 11.8 Å². The maximum atomic E-state index is 11.8. The van der Waals surface area contributed by atoms with Crippen LogP contribution in [0, 0.1) is 0 Å². The molecular weight excluding hydrogens is 260 g/mol. The smallest absolute Gasteiger partial charge is 0.258 e. The monoisotopic (exact) mass is 280 g/mol. The van der Waals surface area contributed by atoms with E-state index in [4.69, 9.17) is 0 Å². The zero-order valence-corrected chi connectivity index (χ0v) is 11.6. The summed E-state index contributed by atoms with van der Waals surface area (Å²) < 4.78 is 0. The lowest BCUT2D eigenvalue weighted by molar-refractivity contribution is -0.121. The molecule has 0 aromatic heterocycles. The molecule has 2 amide bonds. The van der Waals surface area contributed by atoms with Crippen LogP contribution < -0.4 is 10.6 Å². The number of hydrogen-bond acceptors (Lipinski definition) is 4. The van der Waals surface area contributed by atoms with Crippen LogP contribution in [0.5, 0.6) is 11.5 Å². The molecule has 6 nitrogen and oxygen atoms in total. The molecule has 0 fully saturated rings. The Hall–Kier alpha value is -2.24. The number of rotatable bonds is 6. The van der Waals surface area contributed by atoms with E-state index in [1.807, 2.05) is 13.8 Å². The van der Waals surface area contributed by atoms with Gasteiger partial charge in [-0.2, -0.15) is 0 Å². The van der Waals surface area contributed by atoms with Crippen molar-refractivity contribution in [1.82, 2.24) is 10.6 Å². The van der Waals surface area contributed by atoms with Crippen LogP contribution in [0.15, 0.2) is 18.2 Å². The maximum Gasteiger partial charge on any atom is 0.258 e. The lowest BCUT2D eigenvalue weighted by Crippen LogP contribution is -2.35. The molecule has 0 bridgehead atoms. The minimum Gasteiger partial charge on any atom is -0.507 e. The number of carbonyl (C=O) groups is 2. The molecule has 1 unspecified atom stereocenters. The van der Waals surface area contributed by atoms with Crippen molar-refractivity contribution in [2.45, 2.75) is 32.7 Å². The van der Waals surface area contributed by atoms with E-state index in [-0.39, 0.29) is 42.0 Å². The minimum absolute atomic E-state index is 0.0976. The summed E-state index contributed by atoms with van der Waals surface area (Å²) >= 11 is 0. The number of phenols is 2. The summed E-state index contributed by atoms with van der Waals surface area (Å²) in [6, 6.07) is 4.15. The van der Waals surface area contributed by atoms with Crippen molar-refractivity contribution in [3.63, 3.8) is 0 Å². The maximum absolute atomic E-state index is 11.8. The molecule has 4 N–H and O–H groups in total. The molecule has 110 valence electrons. The van der Waals surface area contributed by atoms with Gasteiger partial charge >= 0.3 is 0 Å². The van der Waals surface area contributed by atoms with Crippen molar-refractivity contribution in [1.29, 1.82) is 0 Å². The first kappa shape index (κ1) is 15.8. The Balaban J connectivity index is 2.46. The van der Waals surface area contributed by atoms with Gasteiger partial charge in [-0.3, -0.25) is 9.59 Å². The topological polar surface area (TPSA) is 98.7 Å². The van der Waals surface area contributed by atoms with Gasteiger partial charge in [-0.15, -0.1) is 0 Å². The standard InChI is InChI=1S/C14H20N2O4/c1-3-9(2)16-12(19)7-8-15-14(20)13-10(17)5-4-6-11(13)18/h4-6,9,17-18H,3,7-8H2,1-2H3,(H,15,20)(H,16,19). The Bertz CT molecular complexity index is 468. The number of aromatic hydroxyl groups is 2. The molecule has 0 saturated heterocycles. The molecule has 1 rings (SSSR count). The fourth-order valence-corrected chi connectivity index (χ4v) is 1.59. The third-order valence-electron chi connectivity index (χ3n) is 2.90. The Morgan fingerprint density at radius 3 is 2.40 bits per heavy atom. The van der Waals surface area contributed by atoms with Gasteiger partial charge in [0.15, 0.2) is 0 Å². The number of phenolic OH excluding ortho intramolecular Hbond substituents is 2. The van der Waals surface area contributed by atoms with E-state index >= 15 is 0 Å². The summed E-state index contributed by atoms with van der Waals surface area (Å²) in [5, 5.41) is 24.3. The second-order valence-corrected chi connectivity index (χ2v) is 4.55. The van der Waals surface area contributed by atoms with Gasteiger partial charge in [0.1, 0.15) is 17.1 Å². The summed E-state index contributed by atoms with van der Waals surface area (Å²) in [6.45, 7) is 4.00. The van der Waals surface area contributed by atoms with Crippen LogP contribution in [0.2, 0.25) is 0 Å². The van der Waals surface area contributed by atoms with Gasteiger partial charge in [0.25, 0.3) is 5.91 Å². The largest absolute Gasteiger partial charge is 0.507 e. The lowest BCUT2D eigenvalue weighted by Gasteiger charge is -2.12. The fraction of sp³-hybridized carbons (Fsp3) is 0.429. The highest BCUT2D eigenvalue weighted by atomic mass is 16.3. The molecule has 1 atom stereocenters. The summed E-state index contributed by atoms with van der Waals surface area (Å²) in [5.41, 5.74) is -0.185. The van der Waals surface area contributed by atoms with E-state index in [2.05, 4.69) is 10.6 Å². The molecule has 0 radical (unpaired) electrons. The van der Waals surface area contributed by atoms with E-state index in [0.29, 0.717) is 0 Å². The first-order valence-corrected chi connectivity index (χ1v) is 6.54. The highest BCUT2D eigenvalue weighted by molar-refractivity contribution is 5.99. The van der Waals surface area contributed by atoms with Crippen molar-refractivity contribution in [3.05, 3.63) is 23.8 Å². The Kier molecular flexibility index (Phi) is 5.83. The molecule has 0 aliphatic rings. The van der Waals surface area contributed by atoms with Gasteiger partial charge in [0.05, 0.1) is 0 Å². The molecule has 1 aromatic rings. The summed E-state index contributed by atoms with van der Waals surface area (Å²) in [5.74, 6) is -1.36. The van der Waals surface area contributed by atoms with Crippen LogP contribution in [0.1, 0.15) is 37.0 Å². The number of benzene rings is 1. The normalized spacial score (nSPS) is 11.7. The second kappa shape index (κ2) is 7.37. The lowest BCUT2D eigenvalue weighted by atomic mass is 10.1. The second-order valence-electron chi connectivity index (χ2n) is 4.55. The molecule has 1 aromatic carbocycles. The Labute approximate surface area is 117 Å². The number of carbonyl (C=O) groups excluding carboxylic acids is 2. The molecule has 0 heterocycles. The predicted molar refractivity (Wildman–Crippen MR) is 74.6 cm³/mol. The molecule has 20 heavy (non-hydrogen) atoms. The molecular formula is C14H20N2O4. The molecule has 6 heteroatoms. The van der Waals surface area contributed by atoms with Gasteiger partial charge in [-0.1, -0.05) is 13.0 Å². The molecule has 0 spiro atoms. The molecule has 0 aliphatic carbocycles. The van der Waals surface area contributed by atoms with Crippen LogP contribution in [0.4, 0.5) is 0 Å². The fourth-order valence-electron chi connectivity index (χ4n) is 1.59. The van der Waals surface area contributed by atoms with Crippen LogP contribution in [-0.2, 0) is 4.79 Å². The van der Waals surface area contributed by atoms with Crippen LogP contribution in [0.3, 0.4) is 0 Å². The summed E-state index contributed by atoms with van der Waals surface area (Å²) in [7, 11) is 0. The van der Waals surface area contributed by atoms with E-state index in [1.54, 1.807) is 0 Å². The third-order valence-corrected chi connectivity index (χ3v) is 2.90. The Morgan fingerprint density at radius 2 is 1.85 bits per heavy atom. The molecule has 0 aliphatic heterocycles. The van der Waals surface area contributed by atoms with Gasteiger partial charge in [0, 0.05) is 19.0 Å². The average Bonchev–Trinajstić information content (AvgIpc) is 2.38. The van der Waals surface area contributed by atoms with Crippen LogP contribution in [-0.4, -0.2) is 34.6 Å². The van der Waals surface area contributed by atoms with E-state index in [1.165, 1.54) is 18.2 Å². The quantitative estimate of drug-likeness (QED) is 0.628. The number of amides is 2. The SMILES string of the molecule is CCC(C)NC(=O)CCNC(=O)c1c(O)cccc1O. The molecule has 0 saturated carbocycles. The van der Waals surface area contributed by atoms with E-state index in [9.17, 15) is 19.8 Å². The van der Waals surface area contributed by atoms with Crippen LogP contribution in [0.25, 0.3) is 0 Å². The first-order chi connectivity index (χ1) is 9.45. The first-order valence-electron chi connectivity index (χ1n) is 6.54. The predicted octanol–water partition coefficient (Wildman–Crippen LogP) is 1.13. The van der Waals surface area contributed by atoms with Crippen LogP contribution >= 0.6 is 0 Å². The number of hydrogen-bond donors (Lipinski definition) is 4. The van der Waals surface area contributed by atoms with Gasteiger partial charge in [-0.05, 0) is 25.5 Å². The Morgan fingerprint density at radius 1 is 1.25 bits per heavy atom. The highest BCUT2D eigenvalue weighted by Crippen LogP contribution is 2.25. The van der Waals surface area contributed by atoms with E-state index in [0.717, 1.165) is 6.42 Å². The van der Waals surface area contributed by atoms with Gasteiger partial charge in [-0.25, -0.2) is 0 Å². The summed E-state index contributed by atoms with van der Waals surface area (Å²) in [4.78, 5) is 23.3. The van der Waals surface area contributed by atoms with Crippen molar-refractivity contribution in [2.24, 2.45) is 0 Å². The van der Waals surface area contributed by atoms with Crippen molar-refractivity contribution in [3.8, 4) is 11.5 Å². The number of nitrogens with one attached hydrogen (secondary N) is 2. The van der Waals surface area contributed by atoms with E-state index < -0.39 is 5.91 Å². The van der Waals surface area contributed by atoms with Crippen molar-refractivity contribution in [2.75, 3.05) is 6.54 Å². The van der Waals surface area contributed by atoms with Gasteiger partial charge < -0.3 is 20.8 Å². The average molecular weight is 280 g/mol. The zero-order chi connectivity index (χ0) is 15.1. The summed E-state index contributed by atoms with van der Waals surface area (Å²) in [6.07, 6.45) is 0.980.